The maximum Gasteiger partial charge on any atom is 0.335 e. The van der Waals surface area contributed by atoms with E-state index in [-0.39, 0.29) is 23.7 Å². The molecule has 0 spiro atoms. The van der Waals surface area contributed by atoms with Gasteiger partial charge in [0, 0.05) is 22.7 Å². The first kappa shape index (κ1) is 12.2. The Bertz CT molecular complexity index is 323. The third-order valence-electron chi connectivity index (χ3n) is 3.32. The molecular weight excluding hydrogens is 251 g/mol. The highest BCUT2D eigenvalue weighted by Crippen LogP contribution is 2.38. The Morgan fingerprint density at radius 1 is 1.44 bits per heavy atom. The van der Waals surface area contributed by atoms with Crippen LogP contribution in [0.2, 0.25) is 0 Å². The molecule has 2 aliphatic heterocycles. The SMILES string of the molecule is C/C(Cl)=C1/C(=O)OCC1C1COCC1CCl. The highest BCUT2D eigenvalue weighted by Gasteiger charge is 2.43. The molecule has 0 aromatic rings. The lowest BCUT2D eigenvalue weighted by Crippen LogP contribution is -2.25. The number of rotatable bonds is 2. The van der Waals surface area contributed by atoms with Crippen molar-refractivity contribution in [2.45, 2.75) is 6.92 Å². The number of carbonyl (C=O) groups excluding carboxylic acids is 1. The average Bonchev–Trinajstić information content (AvgIpc) is 2.82. The highest BCUT2D eigenvalue weighted by molar-refractivity contribution is 6.31. The van der Waals surface area contributed by atoms with Crippen molar-refractivity contribution in [1.29, 1.82) is 0 Å². The van der Waals surface area contributed by atoms with Crippen molar-refractivity contribution in [2.75, 3.05) is 25.7 Å². The van der Waals surface area contributed by atoms with Gasteiger partial charge >= 0.3 is 5.97 Å². The Morgan fingerprint density at radius 2 is 2.19 bits per heavy atom. The molecule has 0 aromatic heterocycles. The van der Waals surface area contributed by atoms with Gasteiger partial charge in [0.25, 0.3) is 0 Å². The number of carbonyl (C=O) groups is 1. The summed E-state index contributed by atoms with van der Waals surface area (Å²) in [6.07, 6.45) is 0. The van der Waals surface area contributed by atoms with Crippen molar-refractivity contribution in [2.24, 2.45) is 17.8 Å². The maximum absolute atomic E-state index is 11.5. The number of cyclic esters (lactones) is 1. The number of ether oxygens (including phenoxy) is 2. The summed E-state index contributed by atoms with van der Waals surface area (Å²) in [7, 11) is 0. The quantitative estimate of drug-likeness (QED) is 0.436. The van der Waals surface area contributed by atoms with Crippen LogP contribution < -0.4 is 0 Å². The zero-order chi connectivity index (χ0) is 11.7. The van der Waals surface area contributed by atoms with Gasteiger partial charge in [0.15, 0.2) is 0 Å². The molecule has 2 aliphatic rings. The smallest absolute Gasteiger partial charge is 0.335 e. The minimum Gasteiger partial charge on any atom is -0.462 e. The molecule has 0 bridgehead atoms. The van der Waals surface area contributed by atoms with Crippen LogP contribution >= 0.6 is 23.2 Å². The second kappa shape index (κ2) is 4.94. The zero-order valence-corrected chi connectivity index (χ0v) is 10.6. The number of halogens is 2. The van der Waals surface area contributed by atoms with Crippen molar-refractivity contribution in [3.05, 3.63) is 10.6 Å². The fourth-order valence-electron chi connectivity index (χ4n) is 2.43. The molecule has 0 aromatic carbocycles. The van der Waals surface area contributed by atoms with Crippen LogP contribution in [0.25, 0.3) is 0 Å². The van der Waals surface area contributed by atoms with E-state index in [0.717, 1.165) is 0 Å². The molecule has 0 amide bonds. The van der Waals surface area contributed by atoms with Crippen molar-refractivity contribution in [3.8, 4) is 0 Å². The Hall–Kier alpha value is -0.250. The number of alkyl halides is 1. The lowest BCUT2D eigenvalue weighted by Gasteiger charge is -2.21. The normalized spacial score (nSPS) is 37.7. The molecule has 16 heavy (non-hydrogen) atoms. The fraction of sp³-hybridized carbons (Fsp3) is 0.727. The molecule has 2 rings (SSSR count). The van der Waals surface area contributed by atoms with E-state index >= 15 is 0 Å². The Balaban J connectivity index is 2.21. The van der Waals surface area contributed by atoms with Crippen LogP contribution in [0.3, 0.4) is 0 Å². The fourth-order valence-corrected chi connectivity index (χ4v) is 2.97. The topological polar surface area (TPSA) is 35.5 Å². The van der Waals surface area contributed by atoms with Crippen molar-refractivity contribution >= 4 is 29.2 Å². The van der Waals surface area contributed by atoms with Crippen molar-refractivity contribution < 1.29 is 14.3 Å². The summed E-state index contributed by atoms with van der Waals surface area (Å²) in [5.74, 6) is 0.818. The summed E-state index contributed by atoms with van der Waals surface area (Å²) in [6.45, 7) is 3.42. The zero-order valence-electron chi connectivity index (χ0n) is 9.04. The molecule has 2 fully saturated rings. The van der Waals surface area contributed by atoms with Crippen molar-refractivity contribution in [3.63, 3.8) is 0 Å². The van der Waals surface area contributed by atoms with Crippen LogP contribution in [0.1, 0.15) is 6.92 Å². The summed E-state index contributed by atoms with van der Waals surface area (Å²) < 4.78 is 10.5. The summed E-state index contributed by atoms with van der Waals surface area (Å²) in [5.41, 5.74) is 0.604. The monoisotopic (exact) mass is 264 g/mol. The Labute approximate surface area is 105 Å². The molecule has 3 atom stereocenters. The minimum atomic E-state index is -0.294. The van der Waals surface area contributed by atoms with Crippen LogP contribution in [-0.4, -0.2) is 31.7 Å². The summed E-state index contributed by atoms with van der Waals surface area (Å²) in [4.78, 5) is 11.5. The third-order valence-corrected chi connectivity index (χ3v) is 3.92. The van der Waals surface area contributed by atoms with E-state index in [1.54, 1.807) is 6.92 Å². The highest BCUT2D eigenvalue weighted by atomic mass is 35.5. The molecule has 90 valence electrons. The third kappa shape index (κ3) is 2.08. The van der Waals surface area contributed by atoms with Crippen LogP contribution in [0, 0.1) is 17.8 Å². The largest absolute Gasteiger partial charge is 0.462 e. The molecule has 2 heterocycles. The predicted molar refractivity (Wildman–Crippen MR) is 61.5 cm³/mol. The first-order valence-electron chi connectivity index (χ1n) is 5.32. The Kier molecular flexibility index (Phi) is 3.77. The van der Waals surface area contributed by atoms with Crippen molar-refractivity contribution in [1.82, 2.24) is 0 Å². The molecule has 2 saturated heterocycles. The molecule has 0 N–H and O–H groups in total. The van der Waals surface area contributed by atoms with Gasteiger partial charge in [0.05, 0.1) is 25.4 Å². The van der Waals surface area contributed by atoms with E-state index in [1.807, 2.05) is 0 Å². The van der Waals surface area contributed by atoms with E-state index in [2.05, 4.69) is 0 Å². The first-order valence-corrected chi connectivity index (χ1v) is 6.23. The number of esters is 1. The molecule has 5 heteroatoms. The first-order chi connectivity index (χ1) is 7.65. The van der Waals surface area contributed by atoms with Crippen LogP contribution in [0.5, 0.6) is 0 Å². The van der Waals surface area contributed by atoms with Gasteiger partial charge in [0.1, 0.15) is 0 Å². The lowest BCUT2D eigenvalue weighted by molar-refractivity contribution is -0.135. The molecule has 0 saturated carbocycles. The number of hydrogen-bond acceptors (Lipinski definition) is 3. The standard InChI is InChI=1S/C11H14Cl2O3/c1-6(13)10-9(5-16-11(10)14)8-4-15-3-7(8)2-12/h7-9H,2-5H2,1H3/b10-6-. The number of hydrogen-bond donors (Lipinski definition) is 0. The van der Waals surface area contributed by atoms with Gasteiger partial charge < -0.3 is 9.47 Å². The van der Waals surface area contributed by atoms with Gasteiger partial charge in [-0.1, -0.05) is 11.6 Å². The van der Waals surface area contributed by atoms with E-state index in [9.17, 15) is 4.79 Å². The van der Waals surface area contributed by atoms with Gasteiger partial charge in [-0.05, 0) is 12.8 Å². The summed E-state index contributed by atoms with van der Waals surface area (Å²) in [6, 6.07) is 0. The molecule has 3 unspecified atom stereocenters. The summed E-state index contributed by atoms with van der Waals surface area (Å²) in [5, 5.41) is 0.521. The van der Waals surface area contributed by atoms with Crippen LogP contribution in [0.15, 0.2) is 10.6 Å². The van der Waals surface area contributed by atoms with Crippen LogP contribution in [-0.2, 0) is 14.3 Å². The maximum atomic E-state index is 11.5. The van der Waals surface area contributed by atoms with Gasteiger partial charge in [-0.2, -0.15) is 0 Å². The second-order valence-electron chi connectivity index (χ2n) is 4.27. The van der Waals surface area contributed by atoms with Gasteiger partial charge in [-0.25, -0.2) is 4.79 Å². The molecule has 3 nitrogen and oxygen atoms in total. The molecule has 0 aliphatic carbocycles. The van der Waals surface area contributed by atoms with E-state index in [1.165, 1.54) is 0 Å². The second-order valence-corrected chi connectivity index (χ2v) is 5.14. The Morgan fingerprint density at radius 3 is 2.81 bits per heavy atom. The van der Waals surface area contributed by atoms with E-state index in [4.69, 9.17) is 32.7 Å². The van der Waals surface area contributed by atoms with Gasteiger partial charge in [0.2, 0.25) is 0 Å². The average molecular weight is 265 g/mol. The van der Waals surface area contributed by atoms with E-state index < -0.39 is 0 Å². The van der Waals surface area contributed by atoms with E-state index in [0.29, 0.717) is 36.3 Å². The number of allylic oxidation sites excluding steroid dienone is 1. The lowest BCUT2D eigenvalue weighted by atomic mass is 9.81. The minimum absolute atomic E-state index is 0.0382. The van der Waals surface area contributed by atoms with Gasteiger partial charge in [-0.3, -0.25) is 0 Å². The van der Waals surface area contributed by atoms with Crippen LogP contribution in [0.4, 0.5) is 0 Å². The summed E-state index contributed by atoms with van der Waals surface area (Å²) >= 11 is 11.8. The molecule has 0 radical (unpaired) electrons. The predicted octanol–water partition coefficient (Wildman–Crippen LogP) is 2.17. The molecular formula is C11H14Cl2O3. The van der Waals surface area contributed by atoms with Gasteiger partial charge in [-0.15, -0.1) is 11.6 Å².